The summed E-state index contributed by atoms with van der Waals surface area (Å²) in [5, 5.41) is 5.24. The smallest absolute Gasteiger partial charge is 0.227 e. The zero-order chi connectivity index (χ0) is 20.2. The Morgan fingerprint density at radius 2 is 1.86 bits per heavy atom. The summed E-state index contributed by atoms with van der Waals surface area (Å²) in [5.41, 5.74) is 2.02. The van der Waals surface area contributed by atoms with Gasteiger partial charge in [0.25, 0.3) is 0 Å². The molecule has 1 amide bonds. The molecular formula is C24H27N3O2. The van der Waals surface area contributed by atoms with Crippen LogP contribution in [0.25, 0.3) is 10.8 Å². The van der Waals surface area contributed by atoms with Crippen molar-refractivity contribution in [2.45, 2.75) is 32.2 Å². The molecule has 5 nitrogen and oxygen atoms in total. The van der Waals surface area contributed by atoms with E-state index in [1.165, 1.54) is 12.8 Å². The molecule has 150 valence electrons. The van der Waals surface area contributed by atoms with Crippen molar-refractivity contribution in [3.05, 3.63) is 65.9 Å². The van der Waals surface area contributed by atoms with Gasteiger partial charge in [-0.2, -0.15) is 0 Å². The third-order valence-corrected chi connectivity index (χ3v) is 5.67. The second-order valence-corrected chi connectivity index (χ2v) is 7.63. The van der Waals surface area contributed by atoms with Crippen molar-refractivity contribution in [3.8, 4) is 5.75 Å². The van der Waals surface area contributed by atoms with E-state index in [1.807, 2.05) is 49.5 Å². The first-order chi connectivity index (χ1) is 14.1. The standard InChI is InChI=1S/C24H27N3O2/c1-17(19-6-7-21-14-22(29-2)9-8-20(21)13-19)24(28)26-16-18-5-10-23(25-15-18)27-11-3-4-12-27/h5-10,13-15,17H,3-4,11-12,16H2,1-2H3,(H,26,28)/t17-/m0/s1. The highest BCUT2D eigenvalue weighted by molar-refractivity contribution is 5.88. The largest absolute Gasteiger partial charge is 0.497 e. The zero-order valence-electron chi connectivity index (χ0n) is 17.0. The minimum Gasteiger partial charge on any atom is -0.497 e. The number of anilines is 1. The van der Waals surface area contributed by atoms with Gasteiger partial charge in [0.05, 0.1) is 13.0 Å². The molecule has 1 N–H and O–H groups in total. The average molecular weight is 389 g/mol. The Hall–Kier alpha value is -3.08. The van der Waals surface area contributed by atoms with Gasteiger partial charge >= 0.3 is 0 Å². The maximum Gasteiger partial charge on any atom is 0.227 e. The number of carbonyl (C=O) groups excluding carboxylic acids is 1. The van der Waals surface area contributed by atoms with Gasteiger partial charge in [-0.3, -0.25) is 4.79 Å². The van der Waals surface area contributed by atoms with Gasteiger partial charge in [-0.1, -0.05) is 30.3 Å². The fourth-order valence-electron chi connectivity index (χ4n) is 3.79. The molecule has 1 fully saturated rings. The number of nitrogens with one attached hydrogen (secondary N) is 1. The first-order valence-electron chi connectivity index (χ1n) is 10.2. The lowest BCUT2D eigenvalue weighted by Gasteiger charge is -2.17. The molecule has 0 unspecified atom stereocenters. The van der Waals surface area contributed by atoms with E-state index in [2.05, 4.69) is 27.3 Å². The summed E-state index contributed by atoms with van der Waals surface area (Å²) in [6, 6.07) is 16.2. The minimum absolute atomic E-state index is 0.0153. The van der Waals surface area contributed by atoms with E-state index < -0.39 is 0 Å². The summed E-state index contributed by atoms with van der Waals surface area (Å²) in [6.07, 6.45) is 4.33. The lowest BCUT2D eigenvalue weighted by molar-refractivity contribution is -0.122. The van der Waals surface area contributed by atoms with Crippen LogP contribution in [0.2, 0.25) is 0 Å². The monoisotopic (exact) mass is 389 g/mol. The molecular weight excluding hydrogens is 362 g/mol. The van der Waals surface area contributed by atoms with E-state index in [4.69, 9.17) is 4.74 Å². The second kappa shape index (κ2) is 8.52. The zero-order valence-corrected chi connectivity index (χ0v) is 17.0. The van der Waals surface area contributed by atoms with Crippen LogP contribution in [0.1, 0.15) is 36.8 Å². The van der Waals surface area contributed by atoms with Crippen LogP contribution in [-0.4, -0.2) is 31.1 Å². The van der Waals surface area contributed by atoms with Crippen LogP contribution >= 0.6 is 0 Å². The van der Waals surface area contributed by atoms with Crippen LogP contribution in [0, 0.1) is 0 Å². The summed E-state index contributed by atoms with van der Waals surface area (Å²) in [5.74, 6) is 1.65. The van der Waals surface area contributed by atoms with Gasteiger partial charge < -0.3 is 15.0 Å². The topological polar surface area (TPSA) is 54.5 Å². The Labute approximate surface area is 171 Å². The first-order valence-corrected chi connectivity index (χ1v) is 10.2. The van der Waals surface area contributed by atoms with Gasteiger partial charge in [0, 0.05) is 25.8 Å². The summed E-state index contributed by atoms with van der Waals surface area (Å²) < 4.78 is 5.28. The molecule has 2 aromatic carbocycles. The van der Waals surface area contributed by atoms with E-state index >= 15 is 0 Å². The molecule has 1 aliphatic heterocycles. The van der Waals surface area contributed by atoms with Crippen LogP contribution in [0.5, 0.6) is 5.75 Å². The third-order valence-electron chi connectivity index (χ3n) is 5.67. The van der Waals surface area contributed by atoms with Crippen molar-refractivity contribution in [2.24, 2.45) is 0 Å². The Balaban J connectivity index is 1.38. The van der Waals surface area contributed by atoms with Gasteiger partial charge in [0.15, 0.2) is 0 Å². The number of rotatable bonds is 6. The normalized spacial score (nSPS) is 14.8. The highest BCUT2D eigenvalue weighted by Gasteiger charge is 2.16. The van der Waals surface area contributed by atoms with E-state index in [9.17, 15) is 4.79 Å². The lowest BCUT2D eigenvalue weighted by Crippen LogP contribution is -2.27. The van der Waals surface area contributed by atoms with Gasteiger partial charge in [0.1, 0.15) is 11.6 Å². The highest BCUT2D eigenvalue weighted by atomic mass is 16.5. The fraction of sp³-hybridized carbons (Fsp3) is 0.333. The van der Waals surface area contributed by atoms with Gasteiger partial charge in [-0.15, -0.1) is 0 Å². The molecule has 5 heteroatoms. The maximum absolute atomic E-state index is 12.7. The molecule has 29 heavy (non-hydrogen) atoms. The predicted molar refractivity (Wildman–Crippen MR) is 116 cm³/mol. The number of ether oxygens (including phenoxy) is 1. The van der Waals surface area contributed by atoms with Gasteiger partial charge in [-0.25, -0.2) is 4.98 Å². The molecule has 1 saturated heterocycles. The predicted octanol–water partition coefficient (Wildman–Crippen LogP) is 4.26. The molecule has 1 aromatic heterocycles. The number of fused-ring (bicyclic) bond motifs is 1. The summed E-state index contributed by atoms with van der Waals surface area (Å²) in [4.78, 5) is 19.5. The van der Waals surface area contributed by atoms with Crippen molar-refractivity contribution < 1.29 is 9.53 Å². The molecule has 0 radical (unpaired) electrons. The van der Waals surface area contributed by atoms with Crippen LogP contribution in [0.4, 0.5) is 5.82 Å². The highest BCUT2D eigenvalue weighted by Crippen LogP contribution is 2.25. The summed E-state index contributed by atoms with van der Waals surface area (Å²) in [7, 11) is 1.66. The number of aromatic nitrogens is 1. The van der Waals surface area contributed by atoms with E-state index in [1.54, 1.807) is 7.11 Å². The SMILES string of the molecule is COc1ccc2cc([C@H](C)C(=O)NCc3ccc(N4CCCC4)nc3)ccc2c1. The quantitative estimate of drug-likeness (QED) is 0.684. The number of hydrogen-bond donors (Lipinski definition) is 1. The molecule has 1 atom stereocenters. The third kappa shape index (κ3) is 4.34. The molecule has 0 bridgehead atoms. The van der Waals surface area contributed by atoms with Crippen LogP contribution in [0.3, 0.4) is 0 Å². The van der Waals surface area contributed by atoms with Gasteiger partial charge in [-0.05, 0) is 59.9 Å². The molecule has 1 aliphatic rings. The summed E-state index contributed by atoms with van der Waals surface area (Å²) in [6.45, 7) is 4.59. The minimum atomic E-state index is -0.224. The second-order valence-electron chi connectivity index (χ2n) is 7.63. The van der Waals surface area contributed by atoms with Crippen molar-refractivity contribution in [1.29, 1.82) is 0 Å². The number of carbonyl (C=O) groups is 1. The van der Waals surface area contributed by atoms with Crippen molar-refractivity contribution in [1.82, 2.24) is 10.3 Å². The Morgan fingerprint density at radius 3 is 2.59 bits per heavy atom. The molecule has 3 aromatic rings. The van der Waals surface area contributed by atoms with E-state index in [0.29, 0.717) is 6.54 Å². The summed E-state index contributed by atoms with van der Waals surface area (Å²) >= 11 is 0. The molecule has 0 saturated carbocycles. The molecule has 2 heterocycles. The fourth-order valence-corrected chi connectivity index (χ4v) is 3.79. The Kier molecular flexibility index (Phi) is 5.65. The number of hydrogen-bond acceptors (Lipinski definition) is 4. The first kappa shape index (κ1) is 19.2. The van der Waals surface area contributed by atoms with Crippen molar-refractivity contribution in [3.63, 3.8) is 0 Å². The lowest BCUT2D eigenvalue weighted by atomic mass is 9.97. The Bertz CT molecular complexity index is 995. The van der Waals surface area contributed by atoms with E-state index in [0.717, 1.165) is 46.6 Å². The number of methoxy groups -OCH3 is 1. The molecule has 0 aliphatic carbocycles. The number of benzene rings is 2. The van der Waals surface area contributed by atoms with Crippen LogP contribution < -0.4 is 15.0 Å². The number of nitrogens with zero attached hydrogens (tertiary/aromatic N) is 2. The molecule has 0 spiro atoms. The van der Waals surface area contributed by atoms with Crippen molar-refractivity contribution in [2.75, 3.05) is 25.1 Å². The van der Waals surface area contributed by atoms with Crippen LogP contribution in [-0.2, 0) is 11.3 Å². The Morgan fingerprint density at radius 1 is 1.10 bits per heavy atom. The maximum atomic E-state index is 12.7. The number of amides is 1. The van der Waals surface area contributed by atoms with Gasteiger partial charge in [0.2, 0.25) is 5.91 Å². The average Bonchev–Trinajstić information content (AvgIpc) is 3.31. The van der Waals surface area contributed by atoms with Crippen molar-refractivity contribution >= 4 is 22.5 Å². The van der Waals surface area contributed by atoms with E-state index in [-0.39, 0.29) is 11.8 Å². The molecule has 4 rings (SSSR count). The van der Waals surface area contributed by atoms with Crippen LogP contribution in [0.15, 0.2) is 54.7 Å². The number of pyridine rings is 1.